The van der Waals surface area contributed by atoms with E-state index in [9.17, 15) is 18.0 Å². The molecule has 1 aromatic heterocycles. The number of alkyl halides is 3. The molecule has 0 atom stereocenters. The zero-order valence-corrected chi connectivity index (χ0v) is 14.2. The van der Waals surface area contributed by atoms with Crippen molar-refractivity contribution in [2.24, 2.45) is 0 Å². The highest BCUT2D eigenvalue weighted by molar-refractivity contribution is 6.02. The highest BCUT2D eigenvalue weighted by Crippen LogP contribution is 2.34. The van der Waals surface area contributed by atoms with E-state index in [4.69, 9.17) is 4.84 Å². The molecule has 0 bridgehead atoms. The minimum Gasteiger partial charge on any atom is -0.413 e. The van der Waals surface area contributed by atoms with E-state index in [0.29, 0.717) is 22.0 Å². The van der Waals surface area contributed by atoms with E-state index in [1.54, 1.807) is 6.07 Å². The molecule has 0 saturated heterocycles. The van der Waals surface area contributed by atoms with Crippen LogP contribution in [0, 0.1) is 0 Å². The Morgan fingerprint density at radius 1 is 0.889 bits per heavy atom. The fourth-order valence-electron chi connectivity index (χ4n) is 3.29. The average molecular weight is 369 g/mol. The standard InChI is InChI=1S/C21H14F3NO2/c1-27-25-18(13-7-9-16(10-8-13)21(22,23)24)12-15-11-14-5-3-2-4-6-17(14)19(15)20(25)26/h2-12H,1H3. The van der Waals surface area contributed by atoms with Crippen molar-refractivity contribution in [1.82, 2.24) is 4.73 Å². The largest absolute Gasteiger partial charge is 0.416 e. The van der Waals surface area contributed by atoms with Crippen LogP contribution < -0.4 is 10.4 Å². The number of pyridine rings is 1. The Balaban J connectivity index is 1.98. The third-order valence-corrected chi connectivity index (χ3v) is 4.54. The van der Waals surface area contributed by atoms with E-state index in [2.05, 4.69) is 0 Å². The normalized spacial score (nSPS) is 11.9. The van der Waals surface area contributed by atoms with Gasteiger partial charge in [-0.2, -0.15) is 13.2 Å². The smallest absolute Gasteiger partial charge is 0.413 e. The summed E-state index contributed by atoms with van der Waals surface area (Å²) in [4.78, 5) is 18.3. The van der Waals surface area contributed by atoms with Crippen molar-refractivity contribution in [2.45, 2.75) is 6.18 Å². The lowest BCUT2D eigenvalue weighted by atomic mass is 10.1. The molecular weight excluding hydrogens is 355 g/mol. The van der Waals surface area contributed by atoms with Crippen LogP contribution in [0.15, 0.2) is 71.5 Å². The molecule has 4 rings (SSSR count). The van der Waals surface area contributed by atoms with Crippen molar-refractivity contribution in [2.75, 3.05) is 7.11 Å². The highest BCUT2D eigenvalue weighted by Gasteiger charge is 2.30. The monoisotopic (exact) mass is 369 g/mol. The van der Waals surface area contributed by atoms with Crippen LogP contribution in [-0.4, -0.2) is 11.8 Å². The summed E-state index contributed by atoms with van der Waals surface area (Å²) in [6.45, 7) is 0. The SMILES string of the molecule is COn1c(-c2ccc(C(F)(F)F)cc2)cc2cc3cccccc-3c2c1=O. The fourth-order valence-corrected chi connectivity index (χ4v) is 3.29. The van der Waals surface area contributed by atoms with Crippen LogP contribution in [0.2, 0.25) is 0 Å². The Hall–Kier alpha value is -3.28. The van der Waals surface area contributed by atoms with Gasteiger partial charge in [0.05, 0.1) is 16.6 Å². The molecule has 0 aliphatic heterocycles. The van der Waals surface area contributed by atoms with Crippen LogP contribution in [0.25, 0.3) is 33.2 Å². The summed E-state index contributed by atoms with van der Waals surface area (Å²) >= 11 is 0. The van der Waals surface area contributed by atoms with Crippen molar-refractivity contribution in [3.05, 3.63) is 82.6 Å². The van der Waals surface area contributed by atoms with E-state index < -0.39 is 11.7 Å². The number of hydrogen-bond donors (Lipinski definition) is 0. The van der Waals surface area contributed by atoms with Crippen LogP contribution in [0.4, 0.5) is 13.2 Å². The maximum Gasteiger partial charge on any atom is 0.416 e. The Labute approximate surface area is 152 Å². The third kappa shape index (κ3) is 2.83. The number of benzene rings is 1. The molecule has 6 heteroatoms. The number of halogens is 3. The molecule has 0 amide bonds. The van der Waals surface area contributed by atoms with Crippen molar-refractivity contribution < 1.29 is 18.0 Å². The summed E-state index contributed by atoms with van der Waals surface area (Å²) in [6.07, 6.45) is -4.41. The van der Waals surface area contributed by atoms with Gasteiger partial charge in [-0.15, -0.1) is 4.73 Å². The van der Waals surface area contributed by atoms with E-state index in [1.807, 2.05) is 36.4 Å². The zero-order valence-electron chi connectivity index (χ0n) is 14.2. The molecule has 3 nitrogen and oxygen atoms in total. The first kappa shape index (κ1) is 17.1. The van der Waals surface area contributed by atoms with Gasteiger partial charge in [0.25, 0.3) is 5.56 Å². The molecule has 1 heterocycles. The van der Waals surface area contributed by atoms with Gasteiger partial charge in [0.15, 0.2) is 0 Å². The minimum absolute atomic E-state index is 0.355. The molecule has 0 fully saturated rings. The maximum atomic E-state index is 13.0. The van der Waals surface area contributed by atoms with E-state index in [1.165, 1.54) is 19.2 Å². The first-order valence-corrected chi connectivity index (χ1v) is 8.20. The summed E-state index contributed by atoms with van der Waals surface area (Å²) in [5, 5.41) is 1.23. The lowest BCUT2D eigenvalue weighted by molar-refractivity contribution is -0.137. The summed E-state index contributed by atoms with van der Waals surface area (Å²) in [7, 11) is 1.35. The summed E-state index contributed by atoms with van der Waals surface area (Å²) in [5.41, 5.74) is 1.45. The second-order valence-corrected chi connectivity index (χ2v) is 6.14. The Bertz CT molecular complexity index is 1160. The molecule has 0 radical (unpaired) electrons. The fraction of sp³-hybridized carbons (Fsp3) is 0.0952. The Kier molecular flexibility index (Phi) is 3.91. The maximum absolute atomic E-state index is 13.0. The molecule has 1 aromatic carbocycles. The van der Waals surface area contributed by atoms with Gasteiger partial charge in [0.1, 0.15) is 7.11 Å². The van der Waals surface area contributed by atoms with Gasteiger partial charge < -0.3 is 4.84 Å². The predicted molar refractivity (Wildman–Crippen MR) is 97.8 cm³/mol. The van der Waals surface area contributed by atoms with Crippen LogP contribution in [0.5, 0.6) is 0 Å². The van der Waals surface area contributed by atoms with Crippen LogP contribution in [0.1, 0.15) is 5.56 Å². The number of rotatable bonds is 2. The van der Waals surface area contributed by atoms with Crippen molar-refractivity contribution >= 4 is 10.8 Å². The summed E-state index contributed by atoms with van der Waals surface area (Å²) in [5.74, 6) is 0. The van der Waals surface area contributed by atoms with Crippen molar-refractivity contribution in [3.63, 3.8) is 0 Å². The first-order chi connectivity index (χ1) is 12.9. The van der Waals surface area contributed by atoms with Crippen LogP contribution in [-0.2, 0) is 6.18 Å². The number of fused-ring (bicyclic) bond motifs is 3. The molecule has 27 heavy (non-hydrogen) atoms. The summed E-state index contributed by atoms with van der Waals surface area (Å²) in [6, 6.07) is 17.7. The molecule has 0 N–H and O–H groups in total. The van der Waals surface area contributed by atoms with Gasteiger partial charge in [-0.1, -0.05) is 42.5 Å². The number of aromatic nitrogens is 1. The topological polar surface area (TPSA) is 31.2 Å². The number of hydrogen-bond acceptors (Lipinski definition) is 2. The zero-order chi connectivity index (χ0) is 19.2. The molecule has 2 aliphatic rings. The molecule has 0 unspecified atom stereocenters. The van der Waals surface area contributed by atoms with Gasteiger partial charge in [0.2, 0.25) is 0 Å². The minimum atomic E-state index is -4.41. The van der Waals surface area contributed by atoms with Crippen LogP contribution >= 0.6 is 0 Å². The van der Waals surface area contributed by atoms with Crippen molar-refractivity contribution in [1.29, 1.82) is 0 Å². The number of nitrogens with zero attached hydrogens (tertiary/aromatic N) is 1. The molecule has 0 saturated carbocycles. The van der Waals surface area contributed by atoms with Crippen LogP contribution in [0.3, 0.4) is 0 Å². The average Bonchev–Trinajstić information content (AvgIpc) is 2.82. The summed E-state index contributed by atoms with van der Waals surface area (Å²) < 4.78 is 39.5. The molecule has 0 spiro atoms. The van der Waals surface area contributed by atoms with E-state index >= 15 is 0 Å². The third-order valence-electron chi connectivity index (χ3n) is 4.54. The van der Waals surface area contributed by atoms with Gasteiger partial charge >= 0.3 is 6.18 Å². The second-order valence-electron chi connectivity index (χ2n) is 6.14. The lowest BCUT2D eigenvalue weighted by Gasteiger charge is -2.13. The second kappa shape index (κ2) is 6.16. The van der Waals surface area contributed by atoms with Gasteiger partial charge in [-0.3, -0.25) is 4.79 Å². The first-order valence-electron chi connectivity index (χ1n) is 8.20. The highest BCUT2D eigenvalue weighted by atomic mass is 19.4. The van der Waals surface area contributed by atoms with Gasteiger partial charge in [0, 0.05) is 5.56 Å². The Morgan fingerprint density at radius 2 is 1.59 bits per heavy atom. The van der Waals surface area contributed by atoms with Gasteiger partial charge in [-0.25, -0.2) is 0 Å². The molecule has 2 aromatic rings. The molecule has 136 valence electrons. The van der Waals surface area contributed by atoms with E-state index in [0.717, 1.165) is 28.0 Å². The molecular formula is C21H14F3NO2. The quantitative estimate of drug-likeness (QED) is 0.506. The molecule has 2 aliphatic carbocycles. The Morgan fingerprint density at radius 3 is 2.26 bits per heavy atom. The van der Waals surface area contributed by atoms with Gasteiger partial charge in [-0.05, 0) is 40.8 Å². The predicted octanol–water partition coefficient (Wildman–Crippen LogP) is 4.85. The van der Waals surface area contributed by atoms with Crippen molar-refractivity contribution in [3.8, 4) is 22.4 Å². The van der Waals surface area contributed by atoms with E-state index in [-0.39, 0.29) is 5.56 Å². The lowest BCUT2D eigenvalue weighted by Crippen LogP contribution is -2.26.